The Labute approximate surface area is 133 Å². The maximum Gasteiger partial charge on any atom is 0.136 e. The van der Waals surface area contributed by atoms with Gasteiger partial charge in [-0.1, -0.05) is 12.1 Å². The number of nitrogens with one attached hydrogen (secondary N) is 1. The van der Waals surface area contributed by atoms with Crippen molar-refractivity contribution in [2.24, 2.45) is 0 Å². The van der Waals surface area contributed by atoms with Crippen LogP contribution in [-0.4, -0.2) is 18.6 Å². The summed E-state index contributed by atoms with van der Waals surface area (Å²) < 4.78 is 13.6. The minimum atomic E-state index is -0.142. The van der Waals surface area contributed by atoms with Crippen molar-refractivity contribution in [1.82, 2.24) is 10.3 Å². The summed E-state index contributed by atoms with van der Waals surface area (Å²) in [5.74, 6) is 1.16. The quantitative estimate of drug-likeness (QED) is 0.835. The third-order valence-electron chi connectivity index (χ3n) is 3.75. The van der Waals surface area contributed by atoms with E-state index in [1.165, 1.54) is 41.2 Å². The highest BCUT2D eigenvalue weighted by molar-refractivity contribution is 7.98. The van der Waals surface area contributed by atoms with Gasteiger partial charge < -0.3 is 5.32 Å². The van der Waals surface area contributed by atoms with Crippen molar-refractivity contribution in [3.05, 3.63) is 45.7 Å². The van der Waals surface area contributed by atoms with Crippen LogP contribution in [0.3, 0.4) is 0 Å². The average Bonchev–Trinajstić information content (AvgIpc) is 2.91. The summed E-state index contributed by atoms with van der Waals surface area (Å²) in [6, 6.07) is 6.94. The van der Waals surface area contributed by atoms with Crippen LogP contribution in [0.4, 0.5) is 4.39 Å². The van der Waals surface area contributed by atoms with Crippen LogP contribution in [0.5, 0.6) is 0 Å². The summed E-state index contributed by atoms with van der Waals surface area (Å²) in [6.07, 6.45) is 3.62. The largest absolute Gasteiger partial charge is 0.319 e. The van der Waals surface area contributed by atoms with Crippen molar-refractivity contribution >= 4 is 23.1 Å². The van der Waals surface area contributed by atoms with Gasteiger partial charge in [-0.2, -0.15) is 0 Å². The van der Waals surface area contributed by atoms with Gasteiger partial charge in [0.1, 0.15) is 10.8 Å². The second-order valence-electron chi connectivity index (χ2n) is 5.28. The van der Waals surface area contributed by atoms with E-state index in [9.17, 15) is 4.39 Å². The minimum absolute atomic E-state index is 0.142. The molecule has 1 aromatic carbocycles. The van der Waals surface area contributed by atoms with E-state index < -0.39 is 0 Å². The highest BCUT2D eigenvalue weighted by atomic mass is 32.2. The number of benzene rings is 1. The lowest BCUT2D eigenvalue weighted by molar-refractivity contribution is 0.522. The fraction of sp³-hybridized carbons (Fsp3) is 0.438. The fourth-order valence-electron chi connectivity index (χ4n) is 2.77. The Bertz CT molecular complexity index is 612. The molecule has 1 N–H and O–H groups in total. The molecular formula is C16H19FN2S2. The molecule has 1 atom stereocenters. The monoisotopic (exact) mass is 322 g/mol. The standard InChI is InChI=1S/C16H19FN2S2/c1-18-9-11-5-4-8-14-16(11)19-15(21-14)10-20-13-7-3-2-6-12(13)17/h2-3,6-7,11,18H,4-5,8-10H2,1H3. The molecule has 1 unspecified atom stereocenters. The Balaban J connectivity index is 1.71. The predicted octanol–water partition coefficient (Wildman–Crippen LogP) is 4.21. The topological polar surface area (TPSA) is 24.9 Å². The molecule has 0 fully saturated rings. The molecule has 5 heteroatoms. The molecule has 21 heavy (non-hydrogen) atoms. The van der Waals surface area contributed by atoms with Gasteiger partial charge >= 0.3 is 0 Å². The molecule has 3 rings (SSSR count). The Kier molecular flexibility index (Phi) is 4.93. The van der Waals surface area contributed by atoms with Crippen LogP contribution in [0.15, 0.2) is 29.2 Å². The van der Waals surface area contributed by atoms with Crippen molar-refractivity contribution < 1.29 is 4.39 Å². The normalized spacial score (nSPS) is 17.7. The summed E-state index contributed by atoms with van der Waals surface area (Å²) in [6.45, 7) is 0.997. The number of rotatable bonds is 5. The summed E-state index contributed by atoms with van der Waals surface area (Å²) in [7, 11) is 2.00. The Morgan fingerprint density at radius 1 is 1.43 bits per heavy atom. The van der Waals surface area contributed by atoms with E-state index in [4.69, 9.17) is 4.98 Å². The van der Waals surface area contributed by atoms with Crippen LogP contribution in [0.2, 0.25) is 0 Å². The van der Waals surface area contributed by atoms with E-state index in [-0.39, 0.29) is 5.82 Å². The SMILES string of the molecule is CNCC1CCCc2sc(CSc3ccccc3F)nc21. The summed E-state index contributed by atoms with van der Waals surface area (Å²) in [4.78, 5) is 6.97. The van der Waals surface area contributed by atoms with Gasteiger partial charge in [-0.3, -0.25) is 0 Å². The van der Waals surface area contributed by atoms with Gasteiger partial charge in [0.15, 0.2) is 0 Å². The Hall–Kier alpha value is -0.910. The zero-order chi connectivity index (χ0) is 14.7. The fourth-order valence-corrected chi connectivity index (χ4v) is 4.89. The third-order valence-corrected chi connectivity index (χ3v) is 6.13. The number of hydrogen-bond donors (Lipinski definition) is 1. The molecular weight excluding hydrogens is 303 g/mol. The molecule has 0 bridgehead atoms. The van der Waals surface area contributed by atoms with Gasteiger partial charge in [-0.25, -0.2) is 9.37 Å². The highest BCUT2D eigenvalue weighted by Crippen LogP contribution is 2.36. The van der Waals surface area contributed by atoms with Gasteiger partial charge in [-0.15, -0.1) is 23.1 Å². The third kappa shape index (κ3) is 3.47. The molecule has 2 aromatic rings. The number of fused-ring (bicyclic) bond motifs is 1. The summed E-state index contributed by atoms with van der Waals surface area (Å²) in [5.41, 5.74) is 1.28. The molecule has 0 amide bonds. The number of likely N-dealkylation sites (N-methyl/N-ethyl adjacent to an activating group) is 1. The molecule has 0 aliphatic heterocycles. The summed E-state index contributed by atoms with van der Waals surface area (Å²) >= 11 is 3.34. The zero-order valence-electron chi connectivity index (χ0n) is 12.1. The van der Waals surface area contributed by atoms with Gasteiger partial charge in [0.2, 0.25) is 0 Å². The van der Waals surface area contributed by atoms with Gasteiger partial charge in [-0.05, 0) is 38.4 Å². The zero-order valence-corrected chi connectivity index (χ0v) is 13.7. The van der Waals surface area contributed by atoms with Gasteiger partial charge in [0.25, 0.3) is 0 Å². The average molecular weight is 322 g/mol. The number of halogens is 1. The highest BCUT2D eigenvalue weighted by Gasteiger charge is 2.24. The minimum Gasteiger partial charge on any atom is -0.319 e. The van der Waals surface area contributed by atoms with E-state index in [0.29, 0.717) is 10.8 Å². The number of hydrogen-bond acceptors (Lipinski definition) is 4. The van der Waals surface area contributed by atoms with Crippen molar-refractivity contribution in [2.45, 2.75) is 35.8 Å². The first kappa shape index (κ1) is 15.0. The van der Waals surface area contributed by atoms with Crippen LogP contribution in [0, 0.1) is 5.82 Å². The van der Waals surface area contributed by atoms with Crippen LogP contribution in [0.1, 0.15) is 34.3 Å². The lowest BCUT2D eigenvalue weighted by Crippen LogP contribution is -2.21. The predicted molar refractivity (Wildman–Crippen MR) is 87.7 cm³/mol. The smallest absolute Gasteiger partial charge is 0.136 e. The molecule has 1 heterocycles. The second-order valence-corrected chi connectivity index (χ2v) is 7.47. The molecule has 0 spiro atoms. The van der Waals surface area contributed by atoms with Crippen LogP contribution < -0.4 is 5.32 Å². The maximum absolute atomic E-state index is 13.6. The number of aryl methyl sites for hydroxylation is 1. The molecule has 0 saturated heterocycles. The molecule has 1 aliphatic rings. The van der Waals surface area contributed by atoms with E-state index in [1.807, 2.05) is 30.5 Å². The van der Waals surface area contributed by atoms with Gasteiger partial charge in [0, 0.05) is 22.2 Å². The lowest BCUT2D eigenvalue weighted by atomic mass is 9.91. The van der Waals surface area contributed by atoms with Crippen molar-refractivity contribution in [3.63, 3.8) is 0 Å². The second kappa shape index (κ2) is 6.90. The summed E-state index contributed by atoms with van der Waals surface area (Å²) in [5, 5.41) is 4.38. The van der Waals surface area contributed by atoms with Crippen LogP contribution in [-0.2, 0) is 12.2 Å². The van der Waals surface area contributed by atoms with E-state index in [0.717, 1.165) is 23.7 Å². The first-order valence-corrected chi connectivity index (χ1v) is 9.08. The number of thiazole rings is 1. The molecule has 0 radical (unpaired) electrons. The van der Waals surface area contributed by atoms with E-state index in [2.05, 4.69) is 5.32 Å². The molecule has 1 aromatic heterocycles. The molecule has 0 saturated carbocycles. The van der Waals surface area contributed by atoms with Gasteiger partial charge in [0.05, 0.1) is 11.4 Å². The molecule has 112 valence electrons. The maximum atomic E-state index is 13.6. The molecule has 1 aliphatic carbocycles. The van der Waals surface area contributed by atoms with E-state index >= 15 is 0 Å². The number of nitrogens with zero attached hydrogens (tertiary/aromatic N) is 1. The number of aromatic nitrogens is 1. The van der Waals surface area contributed by atoms with E-state index in [1.54, 1.807) is 6.07 Å². The Morgan fingerprint density at radius 2 is 2.29 bits per heavy atom. The number of thioether (sulfide) groups is 1. The van der Waals surface area contributed by atoms with Crippen LogP contribution in [0.25, 0.3) is 0 Å². The Morgan fingerprint density at radius 3 is 3.10 bits per heavy atom. The first-order chi connectivity index (χ1) is 10.3. The van der Waals surface area contributed by atoms with Crippen molar-refractivity contribution in [1.29, 1.82) is 0 Å². The van der Waals surface area contributed by atoms with Crippen molar-refractivity contribution in [3.8, 4) is 0 Å². The lowest BCUT2D eigenvalue weighted by Gasteiger charge is -2.20. The molecule has 2 nitrogen and oxygen atoms in total. The van der Waals surface area contributed by atoms with Crippen LogP contribution >= 0.6 is 23.1 Å². The van der Waals surface area contributed by atoms with Crippen molar-refractivity contribution in [2.75, 3.05) is 13.6 Å². The first-order valence-electron chi connectivity index (χ1n) is 7.28.